The van der Waals surface area contributed by atoms with Crippen molar-refractivity contribution in [3.63, 3.8) is 0 Å². The molecule has 1 N–H and O–H groups in total. The molecular formula is C31H33N7O5. The van der Waals surface area contributed by atoms with Crippen LogP contribution in [-0.4, -0.2) is 49.2 Å². The SMILES string of the molecule is CC(=O)OCc1c(-c2cc(Nc3cc4n(n3)CCOC4)c(=O)n(C)n2)cccc1N1CCn2c(cc3c2CCCC3)C1=O. The van der Waals surface area contributed by atoms with Crippen molar-refractivity contribution in [1.82, 2.24) is 24.1 Å². The van der Waals surface area contributed by atoms with Crippen LogP contribution in [0.1, 0.15) is 52.8 Å². The Morgan fingerprint density at radius 1 is 1.07 bits per heavy atom. The highest BCUT2D eigenvalue weighted by Crippen LogP contribution is 2.35. The molecule has 1 aromatic carbocycles. The number of esters is 1. The highest BCUT2D eigenvalue weighted by Gasteiger charge is 2.32. The lowest BCUT2D eigenvalue weighted by molar-refractivity contribution is -0.142. The molecule has 0 radical (unpaired) electrons. The number of carbonyl (C=O) groups excluding carboxylic acids is 2. The molecule has 1 aliphatic carbocycles. The highest BCUT2D eigenvalue weighted by molar-refractivity contribution is 6.07. The second kappa shape index (κ2) is 10.8. The smallest absolute Gasteiger partial charge is 0.302 e. The topological polar surface area (TPSA) is 126 Å². The van der Waals surface area contributed by atoms with Gasteiger partial charge in [0.1, 0.15) is 18.0 Å². The predicted molar refractivity (Wildman–Crippen MR) is 158 cm³/mol. The first-order valence-corrected chi connectivity index (χ1v) is 14.7. The summed E-state index contributed by atoms with van der Waals surface area (Å²) >= 11 is 0. The fraction of sp³-hybridized carbons (Fsp3) is 0.387. The molecule has 2 aliphatic heterocycles. The van der Waals surface area contributed by atoms with Crippen LogP contribution in [0.2, 0.25) is 0 Å². The zero-order valence-corrected chi connectivity index (χ0v) is 24.3. The molecule has 12 heteroatoms. The number of carbonyl (C=O) groups is 2. The van der Waals surface area contributed by atoms with E-state index in [9.17, 15) is 14.4 Å². The van der Waals surface area contributed by atoms with Crippen molar-refractivity contribution in [2.75, 3.05) is 23.4 Å². The van der Waals surface area contributed by atoms with Crippen LogP contribution in [0.15, 0.2) is 41.2 Å². The number of amides is 1. The molecule has 0 bridgehead atoms. The van der Waals surface area contributed by atoms with Crippen LogP contribution in [0.5, 0.6) is 0 Å². The van der Waals surface area contributed by atoms with Gasteiger partial charge in [0.25, 0.3) is 11.5 Å². The van der Waals surface area contributed by atoms with Crippen LogP contribution in [0.25, 0.3) is 11.3 Å². The summed E-state index contributed by atoms with van der Waals surface area (Å²) in [5.41, 5.74) is 6.59. The number of aryl methyl sites for hydroxylation is 2. The van der Waals surface area contributed by atoms with Crippen molar-refractivity contribution in [2.24, 2.45) is 7.05 Å². The van der Waals surface area contributed by atoms with Crippen LogP contribution in [0, 0.1) is 0 Å². The van der Waals surface area contributed by atoms with Gasteiger partial charge in [-0.25, -0.2) is 4.68 Å². The maximum absolute atomic E-state index is 13.9. The predicted octanol–water partition coefficient (Wildman–Crippen LogP) is 3.32. The Kier molecular flexibility index (Phi) is 6.85. The second-order valence-electron chi connectivity index (χ2n) is 11.2. The van der Waals surface area contributed by atoms with E-state index in [4.69, 9.17) is 9.47 Å². The van der Waals surface area contributed by atoms with Gasteiger partial charge in [-0.05, 0) is 49.4 Å². The zero-order valence-electron chi connectivity index (χ0n) is 24.3. The van der Waals surface area contributed by atoms with E-state index in [-0.39, 0.29) is 18.1 Å². The van der Waals surface area contributed by atoms with Crippen molar-refractivity contribution in [3.8, 4) is 11.3 Å². The lowest BCUT2D eigenvalue weighted by atomic mass is 9.98. The molecule has 0 unspecified atom stereocenters. The second-order valence-corrected chi connectivity index (χ2v) is 11.2. The molecule has 3 aromatic heterocycles. The van der Waals surface area contributed by atoms with Crippen LogP contribution in [0.3, 0.4) is 0 Å². The van der Waals surface area contributed by atoms with Crippen molar-refractivity contribution in [3.05, 3.63) is 75.0 Å². The first-order valence-electron chi connectivity index (χ1n) is 14.7. The third-order valence-corrected chi connectivity index (χ3v) is 8.44. The lowest BCUT2D eigenvalue weighted by Gasteiger charge is -2.31. The number of anilines is 3. The molecule has 12 nitrogen and oxygen atoms in total. The number of rotatable bonds is 6. The first kappa shape index (κ1) is 27.1. The van der Waals surface area contributed by atoms with Gasteiger partial charge in [-0.15, -0.1) is 0 Å². The molecule has 4 aromatic rings. The molecule has 0 saturated carbocycles. The van der Waals surface area contributed by atoms with Gasteiger partial charge in [0.15, 0.2) is 5.82 Å². The molecular weight excluding hydrogens is 550 g/mol. The van der Waals surface area contributed by atoms with Crippen molar-refractivity contribution in [2.45, 2.75) is 58.9 Å². The molecule has 3 aliphatic rings. The van der Waals surface area contributed by atoms with Gasteiger partial charge in [-0.3, -0.25) is 19.1 Å². The van der Waals surface area contributed by atoms with E-state index >= 15 is 0 Å². The lowest BCUT2D eigenvalue weighted by Crippen LogP contribution is -2.41. The zero-order chi connectivity index (χ0) is 29.7. The maximum atomic E-state index is 13.9. The average Bonchev–Trinajstić information content (AvgIpc) is 3.60. The van der Waals surface area contributed by atoms with Gasteiger partial charge in [-0.1, -0.05) is 12.1 Å². The highest BCUT2D eigenvalue weighted by atomic mass is 16.5. The summed E-state index contributed by atoms with van der Waals surface area (Å²) in [6, 6.07) is 11.2. The van der Waals surface area contributed by atoms with E-state index in [1.54, 1.807) is 18.0 Å². The van der Waals surface area contributed by atoms with Gasteiger partial charge in [0.2, 0.25) is 0 Å². The molecule has 43 heavy (non-hydrogen) atoms. The Morgan fingerprint density at radius 2 is 1.93 bits per heavy atom. The fourth-order valence-electron chi connectivity index (χ4n) is 6.38. The fourth-order valence-corrected chi connectivity index (χ4v) is 6.38. The maximum Gasteiger partial charge on any atom is 0.302 e. The van der Waals surface area contributed by atoms with E-state index < -0.39 is 5.97 Å². The van der Waals surface area contributed by atoms with Crippen molar-refractivity contribution < 1.29 is 19.1 Å². The molecule has 1 amide bonds. The van der Waals surface area contributed by atoms with Crippen molar-refractivity contribution in [1.29, 1.82) is 0 Å². The standard InChI is InChI=1S/C31H33N7O5/c1-19(39)43-18-23-22(24-16-25(30(40)35(2)33-24)32-29-15-21-17-42-13-12-38(21)34-29)7-5-9-27(23)37-11-10-36-26-8-4-3-6-20(26)14-28(36)31(37)41/h5,7,9,14-16H,3-4,6,8,10-13,17-18H2,1-2H3,(H,32,34). The summed E-state index contributed by atoms with van der Waals surface area (Å²) < 4.78 is 16.3. The van der Waals surface area contributed by atoms with E-state index in [0.29, 0.717) is 72.6 Å². The summed E-state index contributed by atoms with van der Waals surface area (Å²) in [5, 5.41) is 12.3. The number of nitrogens with one attached hydrogen (secondary N) is 1. The first-order chi connectivity index (χ1) is 20.9. The van der Waals surface area contributed by atoms with Crippen LogP contribution in [-0.2, 0) is 60.5 Å². The Labute approximate surface area is 247 Å². The summed E-state index contributed by atoms with van der Waals surface area (Å²) in [6.45, 7) is 4.18. The van der Waals surface area contributed by atoms with Gasteiger partial charge >= 0.3 is 5.97 Å². The van der Waals surface area contributed by atoms with E-state index in [0.717, 1.165) is 31.4 Å². The normalized spacial score (nSPS) is 16.0. The monoisotopic (exact) mass is 583 g/mol. The molecule has 5 heterocycles. The largest absolute Gasteiger partial charge is 0.461 e. The number of aromatic nitrogens is 5. The van der Waals surface area contributed by atoms with Crippen molar-refractivity contribution >= 4 is 29.1 Å². The van der Waals surface area contributed by atoms with Gasteiger partial charge in [0.05, 0.1) is 36.8 Å². The average molecular weight is 584 g/mol. The minimum absolute atomic E-state index is 0.0524. The van der Waals surface area contributed by atoms with Crippen LogP contribution >= 0.6 is 0 Å². The molecule has 222 valence electrons. The number of fused-ring (bicyclic) bond motifs is 4. The minimum Gasteiger partial charge on any atom is -0.461 e. The van der Waals surface area contributed by atoms with Crippen LogP contribution in [0.4, 0.5) is 17.2 Å². The molecule has 0 saturated heterocycles. The van der Waals surface area contributed by atoms with Gasteiger partial charge < -0.3 is 24.3 Å². The molecule has 0 atom stereocenters. The van der Waals surface area contributed by atoms with E-state index in [1.165, 1.54) is 22.9 Å². The summed E-state index contributed by atoms with van der Waals surface area (Å²) in [6.07, 6.45) is 4.29. The number of hydrogen-bond acceptors (Lipinski definition) is 8. The molecule has 0 fully saturated rings. The Bertz CT molecular complexity index is 1790. The van der Waals surface area contributed by atoms with E-state index in [1.807, 2.05) is 35.0 Å². The van der Waals surface area contributed by atoms with E-state index in [2.05, 4.69) is 20.1 Å². The summed E-state index contributed by atoms with van der Waals surface area (Å²) in [4.78, 5) is 40.7. The number of benzene rings is 1. The Hall–Kier alpha value is -4.71. The molecule has 7 rings (SSSR count). The minimum atomic E-state index is -0.434. The quantitative estimate of drug-likeness (QED) is 0.343. The number of ether oxygens (including phenoxy) is 2. The summed E-state index contributed by atoms with van der Waals surface area (Å²) in [7, 11) is 1.59. The Morgan fingerprint density at radius 3 is 2.77 bits per heavy atom. The number of hydrogen-bond donors (Lipinski definition) is 1. The Balaban J connectivity index is 1.28. The third-order valence-electron chi connectivity index (χ3n) is 8.44. The third kappa shape index (κ3) is 4.91. The summed E-state index contributed by atoms with van der Waals surface area (Å²) in [5.74, 6) is 0.0226. The number of nitrogens with zero attached hydrogens (tertiary/aromatic N) is 6. The van der Waals surface area contributed by atoms with Gasteiger partial charge in [-0.2, -0.15) is 10.2 Å². The van der Waals surface area contributed by atoms with Crippen LogP contribution < -0.4 is 15.8 Å². The van der Waals surface area contributed by atoms with Gasteiger partial charge in [0, 0.05) is 49.9 Å². The molecule has 0 spiro atoms.